The zero-order valence-electron chi connectivity index (χ0n) is 15.1. The van der Waals surface area contributed by atoms with Crippen LogP contribution in [-0.4, -0.2) is 49.8 Å². The lowest BCUT2D eigenvalue weighted by Crippen LogP contribution is -2.42. The number of halogens is 1. The molecule has 9 heteroatoms. The van der Waals surface area contributed by atoms with Crippen LogP contribution in [-0.2, 0) is 16.6 Å². The van der Waals surface area contributed by atoms with E-state index in [2.05, 4.69) is 16.8 Å². The maximum absolute atomic E-state index is 12.5. The fourth-order valence-corrected chi connectivity index (χ4v) is 5.66. The Morgan fingerprint density at radius 3 is 2.48 bits per heavy atom. The summed E-state index contributed by atoms with van der Waals surface area (Å²) in [6.07, 6.45) is 2.28. The van der Waals surface area contributed by atoms with Crippen molar-refractivity contribution in [3.05, 3.63) is 17.0 Å². The molecule has 1 saturated heterocycles. The maximum Gasteiger partial charge on any atom is 0.252 e. The lowest BCUT2D eigenvalue weighted by Gasteiger charge is -2.30. The summed E-state index contributed by atoms with van der Waals surface area (Å²) in [6, 6.07) is 3.50. The minimum atomic E-state index is -3.38. The summed E-state index contributed by atoms with van der Waals surface area (Å²) in [5.74, 6) is 1.31. The van der Waals surface area contributed by atoms with Gasteiger partial charge in [-0.15, -0.1) is 35.3 Å². The van der Waals surface area contributed by atoms with Crippen LogP contribution in [0.2, 0.25) is 0 Å². The largest absolute Gasteiger partial charge is 0.370 e. The molecule has 0 atom stereocenters. The van der Waals surface area contributed by atoms with Gasteiger partial charge in [-0.3, -0.25) is 0 Å². The van der Waals surface area contributed by atoms with E-state index in [0.717, 1.165) is 36.7 Å². The van der Waals surface area contributed by atoms with Crippen molar-refractivity contribution in [3.63, 3.8) is 0 Å². The summed E-state index contributed by atoms with van der Waals surface area (Å²) < 4.78 is 26.8. The molecule has 2 rings (SSSR count). The second-order valence-electron chi connectivity index (χ2n) is 6.15. The molecule has 0 aliphatic carbocycles. The molecule has 1 aromatic heterocycles. The van der Waals surface area contributed by atoms with Crippen molar-refractivity contribution < 1.29 is 8.42 Å². The first kappa shape index (κ1) is 22.7. The molecule has 0 saturated carbocycles. The maximum atomic E-state index is 12.5. The van der Waals surface area contributed by atoms with Crippen molar-refractivity contribution in [2.45, 2.75) is 44.4 Å². The summed E-state index contributed by atoms with van der Waals surface area (Å²) in [4.78, 5) is 7.47. The van der Waals surface area contributed by atoms with E-state index in [4.69, 9.17) is 5.73 Å². The number of rotatable bonds is 6. The Bertz CT molecular complexity index is 663. The topological polar surface area (TPSA) is 79.0 Å². The second-order valence-corrected chi connectivity index (χ2v) is 9.49. The van der Waals surface area contributed by atoms with Gasteiger partial charge in [-0.05, 0) is 30.9 Å². The second kappa shape index (κ2) is 10.1. The predicted molar refractivity (Wildman–Crippen MR) is 115 cm³/mol. The first-order valence-electron chi connectivity index (χ1n) is 8.52. The number of piperidine rings is 1. The molecule has 0 bridgehead atoms. The molecule has 25 heavy (non-hydrogen) atoms. The minimum Gasteiger partial charge on any atom is -0.370 e. The Morgan fingerprint density at radius 1 is 1.32 bits per heavy atom. The van der Waals surface area contributed by atoms with Crippen molar-refractivity contribution in [2.24, 2.45) is 16.6 Å². The molecule has 6 nitrogen and oxygen atoms in total. The molecule has 0 amide bonds. The third-order valence-electron chi connectivity index (χ3n) is 4.44. The molecule has 2 N–H and O–H groups in total. The highest BCUT2D eigenvalue weighted by atomic mass is 127. The first-order valence-corrected chi connectivity index (χ1v) is 10.8. The molecular formula is C16H29IN4O2S2. The molecule has 1 aliphatic rings. The Hall–Kier alpha value is -0.390. The van der Waals surface area contributed by atoms with Crippen LogP contribution in [0.5, 0.6) is 0 Å². The fourth-order valence-electron chi connectivity index (χ4n) is 2.77. The lowest BCUT2D eigenvalue weighted by molar-refractivity contribution is 0.277. The van der Waals surface area contributed by atoms with Crippen LogP contribution in [0.15, 0.2) is 21.3 Å². The summed E-state index contributed by atoms with van der Waals surface area (Å²) in [5, 5.41) is 0. The Labute approximate surface area is 172 Å². The van der Waals surface area contributed by atoms with Gasteiger partial charge in [0, 0.05) is 31.1 Å². The van der Waals surface area contributed by atoms with E-state index in [-0.39, 0.29) is 24.0 Å². The molecule has 0 radical (unpaired) electrons. The number of thiophene rings is 1. The Balaban J connectivity index is 0.00000312. The monoisotopic (exact) mass is 500 g/mol. The summed E-state index contributed by atoms with van der Waals surface area (Å²) >= 11 is 1.28. The number of aliphatic imine (C=N–C) groups is 1. The van der Waals surface area contributed by atoms with Crippen molar-refractivity contribution in [2.75, 3.05) is 26.2 Å². The number of hydrogen-bond donors (Lipinski definition) is 1. The SMILES string of the molecule is CCN(CC)S(=O)(=O)c1ccc(CN=C(N)N2CCC(C)CC2)s1.I. The van der Waals surface area contributed by atoms with Crippen LogP contribution in [0, 0.1) is 5.92 Å². The highest BCUT2D eigenvalue weighted by Crippen LogP contribution is 2.25. The summed E-state index contributed by atoms with van der Waals surface area (Å²) in [7, 11) is -3.38. The van der Waals surface area contributed by atoms with Gasteiger partial charge in [-0.25, -0.2) is 13.4 Å². The number of guanidine groups is 1. The van der Waals surface area contributed by atoms with E-state index in [1.165, 1.54) is 15.6 Å². The number of hydrogen-bond acceptors (Lipinski definition) is 4. The van der Waals surface area contributed by atoms with E-state index in [1.54, 1.807) is 6.07 Å². The number of nitrogens with zero attached hydrogens (tertiary/aromatic N) is 3. The van der Waals surface area contributed by atoms with Gasteiger partial charge in [0.25, 0.3) is 10.0 Å². The Kier molecular flexibility index (Phi) is 9.13. The third kappa shape index (κ3) is 5.80. The molecule has 1 aromatic rings. The van der Waals surface area contributed by atoms with Crippen LogP contribution in [0.1, 0.15) is 38.5 Å². The highest BCUT2D eigenvalue weighted by molar-refractivity contribution is 14.0. The van der Waals surface area contributed by atoms with Gasteiger partial charge in [0.2, 0.25) is 0 Å². The van der Waals surface area contributed by atoms with Crippen LogP contribution < -0.4 is 5.73 Å². The van der Waals surface area contributed by atoms with Crippen molar-refractivity contribution in [1.82, 2.24) is 9.21 Å². The number of likely N-dealkylation sites (tertiary alicyclic amines) is 1. The zero-order valence-corrected chi connectivity index (χ0v) is 19.1. The van der Waals surface area contributed by atoms with Gasteiger partial charge in [0.15, 0.2) is 5.96 Å². The molecule has 0 unspecified atom stereocenters. The van der Waals surface area contributed by atoms with E-state index >= 15 is 0 Å². The van der Waals surface area contributed by atoms with Gasteiger partial charge in [0.05, 0.1) is 6.54 Å². The summed E-state index contributed by atoms with van der Waals surface area (Å²) in [6.45, 7) is 9.23. The van der Waals surface area contributed by atoms with Gasteiger partial charge in [-0.1, -0.05) is 20.8 Å². The zero-order chi connectivity index (χ0) is 17.7. The van der Waals surface area contributed by atoms with Crippen LogP contribution in [0.4, 0.5) is 0 Å². The van der Waals surface area contributed by atoms with Crippen molar-refractivity contribution in [3.8, 4) is 0 Å². The predicted octanol–water partition coefficient (Wildman–Crippen LogP) is 2.94. The normalized spacial score (nSPS) is 17.0. The molecule has 1 aliphatic heterocycles. The van der Waals surface area contributed by atoms with Gasteiger partial charge in [0.1, 0.15) is 4.21 Å². The smallest absolute Gasteiger partial charge is 0.252 e. The standard InChI is InChI=1S/C16H28N4O2S2.HI/c1-4-20(5-2)24(21,22)15-7-6-14(23-15)12-18-16(17)19-10-8-13(3)9-11-19;/h6-7,13H,4-5,8-12H2,1-3H3,(H2,17,18);1H. The van der Waals surface area contributed by atoms with E-state index in [9.17, 15) is 8.42 Å². The summed E-state index contributed by atoms with van der Waals surface area (Å²) in [5.41, 5.74) is 6.08. The van der Waals surface area contributed by atoms with Gasteiger partial charge < -0.3 is 10.6 Å². The molecule has 1 fully saturated rings. The molecule has 0 spiro atoms. The fraction of sp³-hybridized carbons (Fsp3) is 0.688. The van der Waals surface area contributed by atoms with E-state index < -0.39 is 10.0 Å². The van der Waals surface area contributed by atoms with Gasteiger partial charge in [-0.2, -0.15) is 4.31 Å². The highest BCUT2D eigenvalue weighted by Gasteiger charge is 2.23. The molecule has 2 heterocycles. The van der Waals surface area contributed by atoms with Crippen LogP contribution in [0.3, 0.4) is 0 Å². The number of nitrogens with two attached hydrogens (primary N) is 1. The van der Waals surface area contributed by atoms with Gasteiger partial charge >= 0.3 is 0 Å². The lowest BCUT2D eigenvalue weighted by atomic mass is 10.00. The quantitative estimate of drug-likeness (QED) is 0.370. The number of sulfonamides is 1. The average Bonchev–Trinajstić information content (AvgIpc) is 3.04. The van der Waals surface area contributed by atoms with E-state index in [0.29, 0.717) is 29.8 Å². The van der Waals surface area contributed by atoms with Crippen LogP contribution in [0.25, 0.3) is 0 Å². The third-order valence-corrected chi connectivity index (χ3v) is 8.03. The molecule has 0 aromatic carbocycles. The molecule has 144 valence electrons. The average molecular weight is 500 g/mol. The van der Waals surface area contributed by atoms with Crippen LogP contribution >= 0.6 is 35.3 Å². The van der Waals surface area contributed by atoms with Crippen molar-refractivity contribution in [1.29, 1.82) is 0 Å². The van der Waals surface area contributed by atoms with Crippen molar-refractivity contribution >= 4 is 51.3 Å². The minimum absolute atomic E-state index is 0. The molecular weight excluding hydrogens is 471 g/mol. The first-order chi connectivity index (χ1) is 11.4. The Morgan fingerprint density at radius 2 is 1.92 bits per heavy atom. The van der Waals surface area contributed by atoms with E-state index in [1.807, 2.05) is 19.9 Å².